The summed E-state index contributed by atoms with van der Waals surface area (Å²) in [6.07, 6.45) is 0. The first-order valence-corrected chi connectivity index (χ1v) is 6.29. The molecule has 0 saturated heterocycles. The van der Waals surface area contributed by atoms with Gasteiger partial charge in [-0.3, -0.25) is 0 Å². The van der Waals surface area contributed by atoms with E-state index in [4.69, 9.17) is 0 Å². The van der Waals surface area contributed by atoms with Crippen molar-refractivity contribution in [3.63, 3.8) is 0 Å². The first-order chi connectivity index (χ1) is 8.19. The van der Waals surface area contributed by atoms with Gasteiger partial charge in [0.1, 0.15) is 0 Å². The molecule has 2 rings (SSSR count). The number of hydrogen-bond donors (Lipinski definition) is 2. The molecule has 2 aromatic carbocycles. The third kappa shape index (κ3) is 3.01. The molecule has 0 fully saturated rings. The van der Waals surface area contributed by atoms with Gasteiger partial charge in [0.2, 0.25) is 0 Å². The minimum Gasteiger partial charge on any atom is -0.388 e. The molecular weight excluding hydrogens is 276 g/mol. The topological polar surface area (TPSA) is 24.1 Å². The number of benzene rings is 2. The molecule has 0 aliphatic carbocycles. The molecule has 0 aliphatic rings. The van der Waals surface area contributed by atoms with E-state index in [2.05, 4.69) is 63.8 Å². The molecular formula is C14H15BrN2. The summed E-state index contributed by atoms with van der Waals surface area (Å²) in [7, 11) is 1.92. The van der Waals surface area contributed by atoms with Crippen LogP contribution in [0.3, 0.4) is 0 Å². The molecule has 0 radical (unpaired) electrons. The van der Waals surface area contributed by atoms with Gasteiger partial charge in [-0.15, -0.1) is 0 Å². The van der Waals surface area contributed by atoms with Crippen LogP contribution in [0, 0.1) is 6.92 Å². The van der Waals surface area contributed by atoms with Gasteiger partial charge < -0.3 is 10.6 Å². The van der Waals surface area contributed by atoms with E-state index in [1.165, 1.54) is 5.56 Å². The van der Waals surface area contributed by atoms with Gasteiger partial charge in [0.25, 0.3) is 0 Å². The van der Waals surface area contributed by atoms with Gasteiger partial charge in [0.15, 0.2) is 0 Å². The molecule has 0 aliphatic heterocycles. The Hall–Kier alpha value is -1.48. The maximum atomic E-state index is 3.56. The van der Waals surface area contributed by atoms with Crippen molar-refractivity contribution in [2.75, 3.05) is 17.7 Å². The minimum absolute atomic E-state index is 1.08. The second-order valence-corrected chi connectivity index (χ2v) is 4.79. The highest BCUT2D eigenvalue weighted by molar-refractivity contribution is 9.10. The Kier molecular flexibility index (Phi) is 3.69. The fourth-order valence-corrected chi connectivity index (χ4v) is 2.19. The van der Waals surface area contributed by atoms with Crippen molar-refractivity contribution >= 4 is 33.0 Å². The first kappa shape index (κ1) is 12.0. The highest BCUT2D eigenvalue weighted by atomic mass is 79.9. The Morgan fingerprint density at radius 1 is 0.941 bits per heavy atom. The Morgan fingerprint density at radius 3 is 2.18 bits per heavy atom. The smallest absolute Gasteiger partial charge is 0.0528 e. The van der Waals surface area contributed by atoms with Gasteiger partial charge >= 0.3 is 0 Å². The van der Waals surface area contributed by atoms with Crippen molar-refractivity contribution in [1.82, 2.24) is 0 Å². The lowest BCUT2D eigenvalue weighted by Crippen LogP contribution is -1.93. The molecule has 2 nitrogen and oxygen atoms in total. The number of anilines is 3. The fraction of sp³-hybridized carbons (Fsp3) is 0.143. The third-order valence-electron chi connectivity index (χ3n) is 2.58. The fourth-order valence-electron chi connectivity index (χ4n) is 1.60. The van der Waals surface area contributed by atoms with Crippen LogP contribution in [0.5, 0.6) is 0 Å². The van der Waals surface area contributed by atoms with Gasteiger partial charge in [-0.1, -0.05) is 6.07 Å². The van der Waals surface area contributed by atoms with Crippen LogP contribution in [-0.2, 0) is 0 Å². The average molecular weight is 291 g/mol. The zero-order valence-corrected chi connectivity index (χ0v) is 11.5. The van der Waals surface area contributed by atoms with E-state index in [9.17, 15) is 0 Å². The van der Waals surface area contributed by atoms with E-state index < -0.39 is 0 Å². The predicted molar refractivity (Wildman–Crippen MR) is 78.2 cm³/mol. The Morgan fingerprint density at radius 2 is 1.59 bits per heavy atom. The lowest BCUT2D eigenvalue weighted by atomic mass is 10.2. The lowest BCUT2D eigenvalue weighted by molar-refractivity contribution is 1.43. The highest BCUT2D eigenvalue weighted by Crippen LogP contribution is 2.27. The second kappa shape index (κ2) is 5.23. The van der Waals surface area contributed by atoms with Crippen molar-refractivity contribution in [3.05, 3.63) is 52.5 Å². The van der Waals surface area contributed by atoms with E-state index in [1.54, 1.807) is 0 Å². The normalized spacial score (nSPS) is 10.1. The zero-order chi connectivity index (χ0) is 12.3. The molecule has 2 aromatic rings. The molecule has 0 unspecified atom stereocenters. The van der Waals surface area contributed by atoms with Gasteiger partial charge in [0, 0.05) is 22.9 Å². The van der Waals surface area contributed by atoms with Crippen LogP contribution >= 0.6 is 15.9 Å². The molecule has 0 amide bonds. The molecule has 0 saturated carbocycles. The van der Waals surface area contributed by atoms with Crippen LogP contribution in [0.15, 0.2) is 46.9 Å². The number of aryl methyl sites for hydroxylation is 1. The molecule has 17 heavy (non-hydrogen) atoms. The summed E-state index contributed by atoms with van der Waals surface area (Å²) < 4.78 is 1.08. The van der Waals surface area contributed by atoms with E-state index in [-0.39, 0.29) is 0 Å². The van der Waals surface area contributed by atoms with Crippen molar-refractivity contribution in [2.45, 2.75) is 6.92 Å². The standard InChI is InChI=1S/C14H15BrN2/c1-10-3-8-14(13(15)9-10)17-12-6-4-11(16-2)5-7-12/h3-9,16-17H,1-2H3. The van der Waals surface area contributed by atoms with Crippen molar-refractivity contribution in [3.8, 4) is 0 Å². The number of nitrogens with one attached hydrogen (secondary N) is 2. The summed E-state index contributed by atoms with van der Waals surface area (Å²) in [6, 6.07) is 14.5. The van der Waals surface area contributed by atoms with Crippen LogP contribution < -0.4 is 10.6 Å². The van der Waals surface area contributed by atoms with Gasteiger partial charge in [-0.2, -0.15) is 0 Å². The lowest BCUT2D eigenvalue weighted by Gasteiger charge is -2.10. The molecule has 0 heterocycles. The van der Waals surface area contributed by atoms with E-state index >= 15 is 0 Å². The molecule has 2 N–H and O–H groups in total. The predicted octanol–water partition coefficient (Wildman–Crippen LogP) is 4.54. The first-order valence-electron chi connectivity index (χ1n) is 5.50. The summed E-state index contributed by atoms with van der Waals surface area (Å²) in [4.78, 5) is 0. The van der Waals surface area contributed by atoms with Crippen LogP contribution in [0.4, 0.5) is 17.1 Å². The molecule has 0 bridgehead atoms. The van der Waals surface area contributed by atoms with Crippen LogP contribution in [0.2, 0.25) is 0 Å². The van der Waals surface area contributed by atoms with Gasteiger partial charge in [-0.25, -0.2) is 0 Å². The number of rotatable bonds is 3. The Bertz CT molecular complexity index is 506. The van der Waals surface area contributed by atoms with Gasteiger partial charge in [-0.05, 0) is 64.8 Å². The van der Waals surface area contributed by atoms with E-state index in [1.807, 2.05) is 19.2 Å². The summed E-state index contributed by atoms with van der Waals surface area (Å²) >= 11 is 3.56. The molecule has 3 heteroatoms. The molecule has 0 spiro atoms. The van der Waals surface area contributed by atoms with Crippen LogP contribution in [0.1, 0.15) is 5.56 Å². The number of halogens is 1. The zero-order valence-electron chi connectivity index (χ0n) is 9.92. The molecule has 0 aromatic heterocycles. The molecule has 0 atom stereocenters. The minimum atomic E-state index is 1.08. The van der Waals surface area contributed by atoms with Gasteiger partial charge in [0.05, 0.1) is 5.69 Å². The maximum Gasteiger partial charge on any atom is 0.0528 e. The Balaban J connectivity index is 2.19. The van der Waals surface area contributed by atoms with Crippen molar-refractivity contribution in [2.24, 2.45) is 0 Å². The second-order valence-electron chi connectivity index (χ2n) is 3.94. The Labute approximate surface area is 110 Å². The molecule has 88 valence electrons. The van der Waals surface area contributed by atoms with E-state index in [0.29, 0.717) is 0 Å². The van der Waals surface area contributed by atoms with Crippen LogP contribution in [0.25, 0.3) is 0 Å². The monoisotopic (exact) mass is 290 g/mol. The van der Waals surface area contributed by atoms with Crippen molar-refractivity contribution in [1.29, 1.82) is 0 Å². The third-order valence-corrected chi connectivity index (χ3v) is 3.23. The summed E-state index contributed by atoms with van der Waals surface area (Å²) in [6.45, 7) is 2.08. The summed E-state index contributed by atoms with van der Waals surface area (Å²) in [5, 5.41) is 6.48. The maximum absolute atomic E-state index is 3.56. The summed E-state index contributed by atoms with van der Waals surface area (Å²) in [5.41, 5.74) is 4.51. The highest BCUT2D eigenvalue weighted by Gasteiger charge is 2.00. The van der Waals surface area contributed by atoms with Crippen LogP contribution in [-0.4, -0.2) is 7.05 Å². The van der Waals surface area contributed by atoms with E-state index in [0.717, 1.165) is 21.5 Å². The SMILES string of the molecule is CNc1ccc(Nc2ccc(C)cc2Br)cc1. The summed E-state index contributed by atoms with van der Waals surface area (Å²) in [5.74, 6) is 0. The largest absolute Gasteiger partial charge is 0.388 e. The average Bonchev–Trinajstić information content (AvgIpc) is 2.34. The number of hydrogen-bond acceptors (Lipinski definition) is 2. The van der Waals surface area contributed by atoms with Crippen molar-refractivity contribution < 1.29 is 0 Å². The quantitative estimate of drug-likeness (QED) is 0.867.